The van der Waals surface area contributed by atoms with E-state index >= 15 is 0 Å². The average molecular weight is 390 g/mol. The lowest BCUT2D eigenvalue weighted by Gasteiger charge is -2.22. The predicted molar refractivity (Wildman–Crippen MR) is 94.4 cm³/mol. The van der Waals surface area contributed by atoms with Crippen molar-refractivity contribution >= 4 is 0 Å². The molecular formula is C19H17F3N4O2. The summed E-state index contributed by atoms with van der Waals surface area (Å²) < 4.78 is 40.4. The highest BCUT2D eigenvalue weighted by Gasteiger charge is 2.30. The first-order valence-electron chi connectivity index (χ1n) is 8.23. The Balaban J connectivity index is 2.69. The van der Waals surface area contributed by atoms with Gasteiger partial charge >= 0.3 is 17.3 Å². The van der Waals surface area contributed by atoms with Crippen LogP contribution in [0.1, 0.15) is 43.3 Å². The van der Waals surface area contributed by atoms with Gasteiger partial charge in [0.05, 0.1) is 12.1 Å². The molecule has 1 heterocycles. The van der Waals surface area contributed by atoms with Crippen molar-refractivity contribution in [1.82, 2.24) is 9.13 Å². The maximum atomic E-state index is 12.9. The summed E-state index contributed by atoms with van der Waals surface area (Å²) in [5.41, 5.74) is -4.04. The van der Waals surface area contributed by atoms with E-state index < -0.39 is 34.8 Å². The lowest BCUT2D eigenvalue weighted by Crippen LogP contribution is -2.45. The molecule has 0 spiro atoms. The van der Waals surface area contributed by atoms with E-state index in [-0.39, 0.29) is 23.5 Å². The van der Waals surface area contributed by atoms with Crippen molar-refractivity contribution in [3.63, 3.8) is 0 Å². The van der Waals surface area contributed by atoms with Gasteiger partial charge in [-0.25, -0.2) is 0 Å². The second kappa shape index (κ2) is 7.35. The summed E-state index contributed by atoms with van der Waals surface area (Å²) in [6.45, 7) is 4.97. The van der Waals surface area contributed by atoms with Gasteiger partial charge in [0.1, 0.15) is 12.1 Å². The predicted octanol–water partition coefficient (Wildman–Crippen LogP) is 2.87. The highest BCUT2D eigenvalue weighted by molar-refractivity contribution is 5.38. The molecule has 0 amide bonds. The van der Waals surface area contributed by atoms with Gasteiger partial charge < -0.3 is 0 Å². The van der Waals surface area contributed by atoms with E-state index in [0.29, 0.717) is 0 Å². The van der Waals surface area contributed by atoms with E-state index in [1.54, 1.807) is 32.9 Å². The van der Waals surface area contributed by atoms with Crippen molar-refractivity contribution in [2.24, 2.45) is 5.41 Å². The van der Waals surface area contributed by atoms with Gasteiger partial charge in [-0.1, -0.05) is 32.9 Å². The Hall–Kier alpha value is -3.33. The van der Waals surface area contributed by atoms with Crippen LogP contribution in [-0.2, 0) is 19.3 Å². The van der Waals surface area contributed by atoms with Gasteiger partial charge in [0.2, 0.25) is 0 Å². The molecule has 0 saturated carbocycles. The third-order valence-corrected chi connectivity index (χ3v) is 3.88. The average Bonchev–Trinajstić information content (AvgIpc) is 2.59. The maximum absolute atomic E-state index is 12.9. The van der Waals surface area contributed by atoms with Crippen LogP contribution < -0.4 is 11.1 Å². The maximum Gasteiger partial charge on any atom is 0.416 e. The van der Waals surface area contributed by atoms with E-state index in [1.165, 1.54) is 12.1 Å². The first-order valence-corrected chi connectivity index (χ1v) is 8.23. The van der Waals surface area contributed by atoms with Crippen molar-refractivity contribution < 1.29 is 13.2 Å². The fourth-order valence-electron chi connectivity index (χ4n) is 2.72. The number of hydrogen-bond donors (Lipinski definition) is 0. The Morgan fingerprint density at radius 1 is 0.964 bits per heavy atom. The molecule has 0 bridgehead atoms. The first-order chi connectivity index (χ1) is 12.9. The molecule has 0 atom stereocenters. The minimum absolute atomic E-state index is 0.0308. The number of nitrogens with zero attached hydrogens (tertiary/aromatic N) is 4. The highest BCUT2D eigenvalue weighted by Crippen LogP contribution is 2.29. The third-order valence-electron chi connectivity index (χ3n) is 3.88. The molecule has 0 unspecified atom stereocenters. The smallest absolute Gasteiger partial charge is 0.292 e. The lowest BCUT2D eigenvalue weighted by molar-refractivity contribution is -0.137. The molecule has 9 heteroatoms. The Morgan fingerprint density at radius 2 is 1.50 bits per heavy atom. The molecule has 0 N–H and O–H groups in total. The minimum atomic E-state index is -4.58. The molecular weight excluding hydrogens is 373 g/mol. The number of nitriles is 2. The number of benzene rings is 1. The van der Waals surface area contributed by atoms with Crippen LogP contribution in [0.4, 0.5) is 13.2 Å². The van der Waals surface area contributed by atoms with E-state index in [1.807, 2.05) is 0 Å². The minimum Gasteiger partial charge on any atom is -0.292 e. The molecule has 0 saturated heterocycles. The van der Waals surface area contributed by atoms with Crippen molar-refractivity contribution in [3.8, 4) is 12.1 Å². The van der Waals surface area contributed by atoms with Crippen molar-refractivity contribution in [2.45, 2.75) is 40.0 Å². The quantitative estimate of drug-likeness (QED) is 0.754. The van der Waals surface area contributed by atoms with Crippen molar-refractivity contribution in [2.75, 3.05) is 0 Å². The summed E-state index contributed by atoms with van der Waals surface area (Å²) in [4.78, 5) is 25.1. The fourth-order valence-corrected chi connectivity index (χ4v) is 2.72. The second-order valence-corrected chi connectivity index (χ2v) is 7.46. The molecule has 0 aliphatic heterocycles. The van der Waals surface area contributed by atoms with Crippen LogP contribution in [0.15, 0.2) is 33.9 Å². The Morgan fingerprint density at radius 3 is 2.00 bits per heavy atom. The van der Waals surface area contributed by atoms with Gasteiger partial charge in [-0.05, 0) is 23.1 Å². The number of halogens is 3. The Bertz CT molecular complexity index is 1110. The topological polar surface area (TPSA) is 91.6 Å². The van der Waals surface area contributed by atoms with E-state index in [2.05, 4.69) is 0 Å². The van der Waals surface area contributed by atoms with Gasteiger partial charge in [0.25, 0.3) is 0 Å². The van der Waals surface area contributed by atoms with E-state index in [4.69, 9.17) is 0 Å². The van der Waals surface area contributed by atoms with Crippen LogP contribution in [0, 0.1) is 28.1 Å². The highest BCUT2D eigenvalue weighted by atomic mass is 19.4. The van der Waals surface area contributed by atoms with Crippen LogP contribution in [0.3, 0.4) is 0 Å². The molecule has 1 aromatic carbocycles. The van der Waals surface area contributed by atoms with Gasteiger partial charge in [0, 0.05) is 6.54 Å². The standard InChI is InChI=1S/C19H17F3N4O2/c1-18(2,3)11-26-15(9-24)14(8-23)25(16(27)17(26)28)10-12-5-4-6-13(7-12)19(20,21)22/h4-7H,10-11H2,1-3H3. The third kappa shape index (κ3) is 4.32. The summed E-state index contributed by atoms with van der Waals surface area (Å²) in [5.74, 6) is 0. The molecule has 146 valence electrons. The summed E-state index contributed by atoms with van der Waals surface area (Å²) in [7, 11) is 0. The van der Waals surface area contributed by atoms with E-state index in [9.17, 15) is 33.3 Å². The number of hydrogen-bond acceptors (Lipinski definition) is 4. The van der Waals surface area contributed by atoms with Crippen LogP contribution in [0.2, 0.25) is 0 Å². The zero-order valence-corrected chi connectivity index (χ0v) is 15.5. The molecule has 1 aromatic heterocycles. The number of rotatable bonds is 3. The van der Waals surface area contributed by atoms with Crippen LogP contribution in [0.25, 0.3) is 0 Å². The largest absolute Gasteiger partial charge is 0.416 e. The summed E-state index contributed by atoms with van der Waals surface area (Å²) in [6.07, 6.45) is -4.58. The van der Waals surface area contributed by atoms with E-state index in [0.717, 1.165) is 21.3 Å². The normalized spacial score (nSPS) is 11.7. The van der Waals surface area contributed by atoms with Crippen LogP contribution in [0.5, 0.6) is 0 Å². The zero-order chi connectivity index (χ0) is 21.3. The molecule has 0 aliphatic carbocycles. The molecule has 0 aliphatic rings. The van der Waals surface area contributed by atoms with Crippen LogP contribution >= 0.6 is 0 Å². The number of alkyl halides is 3. The molecule has 2 aromatic rings. The summed E-state index contributed by atoms with van der Waals surface area (Å²) in [5, 5.41) is 18.9. The number of aromatic nitrogens is 2. The molecule has 0 radical (unpaired) electrons. The zero-order valence-electron chi connectivity index (χ0n) is 15.5. The van der Waals surface area contributed by atoms with Gasteiger partial charge in [-0.3, -0.25) is 18.7 Å². The molecule has 28 heavy (non-hydrogen) atoms. The SMILES string of the molecule is CC(C)(C)Cn1c(C#N)c(C#N)n(Cc2cccc(C(F)(F)F)c2)c(=O)c1=O. The molecule has 6 nitrogen and oxygen atoms in total. The molecule has 0 fully saturated rings. The fraction of sp³-hybridized carbons (Fsp3) is 0.368. The molecule has 2 rings (SSSR count). The Kier molecular flexibility index (Phi) is 5.51. The summed E-state index contributed by atoms with van der Waals surface area (Å²) in [6, 6.07) is 7.72. The lowest BCUT2D eigenvalue weighted by atomic mass is 9.96. The second-order valence-electron chi connectivity index (χ2n) is 7.46. The summed E-state index contributed by atoms with van der Waals surface area (Å²) >= 11 is 0. The first kappa shape index (κ1) is 21.0. The van der Waals surface area contributed by atoms with Gasteiger partial charge in [-0.2, -0.15) is 23.7 Å². The van der Waals surface area contributed by atoms with Crippen molar-refractivity contribution in [1.29, 1.82) is 10.5 Å². The van der Waals surface area contributed by atoms with Gasteiger partial charge in [-0.15, -0.1) is 0 Å². The monoisotopic (exact) mass is 390 g/mol. The Labute approximate surface area is 158 Å². The van der Waals surface area contributed by atoms with Gasteiger partial charge in [0.15, 0.2) is 11.4 Å². The van der Waals surface area contributed by atoms with Crippen molar-refractivity contribution in [3.05, 3.63) is 67.5 Å². The van der Waals surface area contributed by atoms with Crippen LogP contribution in [-0.4, -0.2) is 9.13 Å².